The molecule has 13 unspecified atom stereocenters. The van der Waals surface area contributed by atoms with E-state index in [1.54, 1.807) is 27.0 Å². The van der Waals surface area contributed by atoms with Gasteiger partial charge in [-0.05, 0) is 132 Å². The zero-order chi connectivity index (χ0) is 53.3. The number of ketones is 1. The molecule has 0 aromatic rings. The van der Waals surface area contributed by atoms with E-state index in [0.29, 0.717) is 63.4 Å². The molecule has 6 N–H and O–H groups in total. The Balaban J connectivity index is 1.33. The van der Waals surface area contributed by atoms with Crippen molar-refractivity contribution in [1.29, 1.82) is 0 Å². The summed E-state index contributed by atoms with van der Waals surface area (Å²) in [6, 6.07) is -0.996. The van der Waals surface area contributed by atoms with Crippen LogP contribution in [0.5, 0.6) is 0 Å². The van der Waals surface area contributed by atoms with Crippen LogP contribution >= 0.6 is 0 Å². The van der Waals surface area contributed by atoms with Crippen LogP contribution in [0.3, 0.4) is 0 Å². The van der Waals surface area contributed by atoms with Crippen LogP contribution in [0.1, 0.15) is 132 Å². The molecule has 19 atom stereocenters. The second kappa shape index (κ2) is 26.4. The lowest BCUT2D eigenvalue weighted by molar-refractivity contribution is -0.264. The van der Waals surface area contributed by atoms with E-state index >= 15 is 0 Å². The number of esters is 1. The number of carbonyl (C=O) groups is 3. The lowest BCUT2D eigenvalue weighted by Gasteiger charge is -2.43. The molecule has 14 heteroatoms. The van der Waals surface area contributed by atoms with Crippen molar-refractivity contribution in [3.05, 3.63) is 83.2 Å². The van der Waals surface area contributed by atoms with Crippen molar-refractivity contribution in [2.24, 2.45) is 47.3 Å². The standard InChI is InChI=1S/C59H90N2O12/c1-34-17-12-11-13-18-35(2)45(46-33-60-52-36(3)19-16-20-44(46)52)31-43-24-22-41(8)59(69,73-43)56(66)57(67)61-26-15-14-21-47(61)58(68)72-50(38(5)29-42-23-25-48(62)51(30-42)70-9)32-49(63)37(4)28-40(7)54(65)55(71-10)53(64)39(6)27-34/h11-13,16-20,28,33-34,37-39,41-45,47-55,60,62-65,69H,14-15,21-27,29-32H2,1-10H3/b13-11+,17-12+,35-18+,40-28+/t34-,37?,38-,39?,41?,42?,43+,44?,45?,47?,48-,49?,50+,51?,52?,53?,54?,55+,59?/m1/s1. The van der Waals surface area contributed by atoms with Crippen LogP contribution in [0.25, 0.3) is 0 Å². The molecule has 2 saturated heterocycles. The number of nitrogens with one attached hydrogen (secondary N) is 1. The number of carbonyl (C=O) groups excluding carboxylic acids is 3. The van der Waals surface area contributed by atoms with Gasteiger partial charge in [0.2, 0.25) is 5.79 Å². The molecule has 1 amide bonds. The van der Waals surface area contributed by atoms with Crippen LogP contribution in [0, 0.1) is 47.3 Å². The van der Waals surface area contributed by atoms with Gasteiger partial charge in [0.25, 0.3) is 11.7 Å². The highest BCUT2D eigenvalue weighted by Crippen LogP contribution is 2.43. The Kier molecular flexibility index (Phi) is 21.1. The fourth-order valence-electron chi connectivity index (χ4n) is 12.6. The van der Waals surface area contributed by atoms with Gasteiger partial charge in [-0.15, -0.1) is 0 Å². The second-order valence-electron chi connectivity index (χ2n) is 22.9. The topological polar surface area (TPSA) is 205 Å². The fraction of sp³-hybridized carbons (Fsp3) is 0.712. The molecule has 14 nitrogen and oxygen atoms in total. The number of ether oxygens (including phenoxy) is 4. The van der Waals surface area contributed by atoms with Gasteiger partial charge in [-0.2, -0.15) is 0 Å². The molecule has 4 heterocycles. The first-order valence-electron chi connectivity index (χ1n) is 27.4. The Morgan fingerprint density at radius 1 is 0.808 bits per heavy atom. The molecule has 6 rings (SSSR count). The van der Waals surface area contributed by atoms with Crippen LogP contribution < -0.4 is 5.32 Å². The first-order valence-corrected chi connectivity index (χ1v) is 27.4. The highest BCUT2D eigenvalue weighted by molar-refractivity contribution is 6.39. The number of Topliss-reactive ketones (excluding diaryl/α,β-unsaturated/α-hetero) is 1. The van der Waals surface area contributed by atoms with Gasteiger partial charge in [0, 0.05) is 50.9 Å². The highest BCUT2D eigenvalue weighted by Gasteiger charge is 2.53. The number of piperidine rings is 1. The molecule has 0 spiro atoms. The van der Waals surface area contributed by atoms with Crippen LogP contribution in [0.4, 0.5) is 0 Å². The zero-order valence-electron chi connectivity index (χ0n) is 45.4. The number of fused-ring (bicyclic) bond motifs is 4. The van der Waals surface area contributed by atoms with E-state index < -0.39 is 84.1 Å². The molecular formula is C59H90N2O12. The summed E-state index contributed by atoms with van der Waals surface area (Å²) in [5, 5.41) is 61.6. The number of methoxy groups -OCH3 is 2. The molecule has 2 aliphatic carbocycles. The Morgan fingerprint density at radius 2 is 1.55 bits per heavy atom. The molecule has 0 radical (unpaired) electrons. The molecular weight excluding hydrogens is 929 g/mol. The number of aliphatic hydroxyl groups is 5. The maximum atomic E-state index is 14.6. The average molecular weight is 1020 g/mol. The Morgan fingerprint density at radius 3 is 2.27 bits per heavy atom. The van der Waals surface area contributed by atoms with Gasteiger partial charge < -0.3 is 54.7 Å². The minimum atomic E-state index is -2.42. The lowest BCUT2D eigenvalue weighted by atomic mass is 9.75. The van der Waals surface area contributed by atoms with Gasteiger partial charge in [0.05, 0.1) is 36.6 Å². The summed E-state index contributed by atoms with van der Waals surface area (Å²) in [5.41, 5.74) is 3.97. The first kappa shape index (κ1) is 58.5. The molecule has 6 aliphatic rings. The fourth-order valence-corrected chi connectivity index (χ4v) is 12.6. The van der Waals surface area contributed by atoms with Crippen molar-refractivity contribution in [3.8, 4) is 0 Å². The first-order chi connectivity index (χ1) is 34.7. The summed E-state index contributed by atoms with van der Waals surface area (Å²) >= 11 is 0. The number of nitrogens with zero attached hydrogens (tertiary/aromatic N) is 1. The lowest BCUT2D eigenvalue weighted by Crippen LogP contribution is -2.60. The summed E-state index contributed by atoms with van der Waals surface area (Å²) in [6.45, 7) is 15.6. The van der Waals surface area contributed by atoms with E-state index in [9.17, 15) is 39.9 Å². The molecule has 3 fully saturated rings. The molecule has 1 saturated carbocycles. The third-order valence-electron chi connectivity index (χ3n) is 17.4. The van der Waals surface area contributed by atoms with E-state index in [-0.39, 0.29) is 67.0 Å². The van der Waals surface area contributed by atoms with E-state index in [1.807, 2.05) is 39.0 Å². The molecule has 0 aromatic carbocycles. The summed E-state index contributed by atoms with van der Waals surface area (Å²) in [6.07, 6.45) is 20.1. The summed E-state index contributed by atoms with van der Waals surface area (Å²) in [4.78, 5) is 45.1. The Hall–Kier alpha value is -3.73. The van der Waals surface area contributed by atoms with E-state index in [1.165, 1.54) is 23.2 Å². The number of allylic oxidation sites excluding steroid dienone is 8. The SMILES string of the molecule is COC1CC(C[C@@H](C)[C@@H]2CC(O)C(C)/C=C(\C)C(O)[C@@H](OC)C(O)C(C)C[C@H](C)/C=C/C=C/C=C(\C)C(C3=CNC4C(C)=CC=CC34)C[C@@H]3CCC(C)C(O)(O3)C(=O)C(=O)N3CCCCC3C(=O)O2)CC[C@H]1O. The molecule has 408 valence electrons. The number of hydrogen-bond acceptors (Lipinski definition) is 13. The van der Waals surface area contributed by atoms with Crippen LogP contribution in [-0.4, -0.2) is 136 Å². The van der Waals surface area contributed by atoms with Crippen molar-refractivity contribution in [2.45, 2.75) is 199 Å². The maximum Gasteiger partial charge on any atom is 0.329 e. The third-order valence-corrected chi connectivity index (χ3v) is 17.4. The smallest absolute Gasteiger partial charge is 0.329 e. The van der Waals surface area contributed by atoms with Gasteiger partial charge in [-0.25, -0.2) is 4.79 Å². The maximum absolute atomic E-state index is 14.6. The normalized spacial score (nSPS) is 42.9. The van der Waals surface area contributed by atoms with Crippen molar-refractivity contribution in [2.75, 3.05) is 20.8 Å². The van der Waals surface area contributed by atoms with Crippen LogP contribution in [0.2, 0.25) is 0 Å². The van der Waals surface area contributed by atoms with Crippen LogP contribution in [0.15, 0.2) is 83.2 Å². The predicted molar refractivity (Wildman–Crippen MR) is 281 cm³/mol. The second-order valence-corrected chi connectivity index (χ2v) is 22.9. The Labute approximate surface area is 435 Å². The largest absolute Gasteiger partial charge is 0.460 e. The molecule has 2 bridgehead atoms. The van der Waals surface area contributed by atoms with Gasteiger partial charge in [0.15, 0.2) is 0 Å². The van der Waals surface area contributed by atoms with Crippen molar-refractivity contribution in [3.63, 3.8) is 0 Å². The van der Waals surface area contributed by atoms with Gasteiger partial charge >= 0.3 is 5.97 Å². The number of aliphatic hydroxyl groups excluding tert-OH is 4. The molecule has 73 heavy (non-hydrogen) atoms. The number of hydrogen-bond donors (Lipinski definition) is 6. The van der Waals surface area contributed by atoms with E-state index in [2.05, 4.69) is 62.7 Å². The Bertz CT molecular complexity index is 2110. The van der Waals surface area contributed by atoms with E-state index in [0.717, 1.165) is 12.0 Å². The molecule has 0 aromatic heterocycles. The zero-order valence-corrected chi connectivity index (χ0v) is 45.4. The predicted octanol–water partition coefficient (Wildman–Crippen LogP) is 7.35. The summed E-state index contributed by atoms with van der Waals surface area (Å²) in [5.74, 6) is -6.73. The average Bonchev–Trinajstić information content (AvgIpc) is 3.81. The van der Waals surface area contributed by atoms with E-state index in [4.69, 9.17) is 18.9 Å². The quantitative estimate of drug-likeness (QED) is 0.0876. The minimum Gasteiger partial charge on any atom is -0.460 e. The monoisotopic (exact) mass is 1020 g/mol. The number of rotatable bonds is 6. The molecule has 4 aliphatic heterocycles. The third kappa shape index (κ3) is 14.2. The number of amides is 1. The highest BCUT2D eigenvalue weighted by atomic mass is 16.6. The minimum absolute atomic E-state index is 0.0354. The van der Waals surface area contributed by atoms with Gasteiger partial charge in [-0.3, -0.25) is 9.59 Å². The van der Waals surface area contributed by atoms with Gasteiger partial charge in [0.1, 0.15) is 24.4 Å². The van der Waals surface area contributed by atoms with Crippen LogP contribution in [-0.2, 0) is 33.3 Å². The van der Waals surface area contributed by atoms with Crippen molar-refractivity contribution >= 4 is 17.7 Å². The van der Waals surface area contributed by atoms with Crippen molar-refractivity contribution < 1.29 is 58.9 Å². The summed E-state index contributed by atoms with van der Waals surface area (Å²) in [7, 11) is 3.06. The summed E-state index contributed by atoms with van der Waals surface area (Å²) < 4.78 is 24.3. The van der Waals surface area contributed by atoms with Crippen molar-refractivity contribution in [1.82, 2.24) is 10.2 Å². The number of cyclic esters (lactones) is 1. The van der Waals surface area contributed by atoms with Gasteiger partial charge in [-0.1, -0.05) is 100 Å².